The first-order chi connectivity index (χ1) is 13.0. The summed E-state index contributed by atoms with van der Waals surface area (Å²) in [4.78, 5) is 6.82. The molecule has 1 aliphatic rings. The largest absolute Gasteiger partial charge is 0.494 e. The molecule has 1 heterocycles. The second-order valence-corrected chi connectivity index (χ2v) is 7.54. The third kappa shape index (κ3) is 8.53. The molecule has 0 bridgehead atoms. The van der Waals surface area contributed by atoms with Crippen molar-refractivity contribution in [2.24, 2.45) is 4.99 Å². The second-order valence-electron chi connectivity index (χ2n) is 7.54. The normalized spacial score (nSPS) is 15.6. The van der Waals surface area contributed by atoms with Crippen LogP contribution < -0.4 is 15.4 Å². The number of nitrogens with zero attached hydrogens (tertiary/aromatic N) is 2. The van der Waals surface area contributed by atoms with Crippen LogP contribution in [0.3, 0.4) is 0 Å². The fourth-order valence-corrected chi connectivity index (χ4v) is 3.07. The van der Waals surface area contributed by atoms with Gasteiger partial charge in [0, 0.05) is 38.8 Å². The molecule has 1 saturated heterocycles. The molecule has 1 aromatic carbocycles. The quantitative estimate of drug-likeness (QED) is 0.234. The fourth-order valence-electron chi connectivity index (χ4n) is 3.07. The fraction of sp³-hybridized carbons (Fsp3) is 0.667. The molecule has 0 aromatic heterocycles. The highest BCUT2D eigenvalue weighted by molar-refractivity contribution is 14.0. The maximum absolute atomic E-state index is 5.79. The number of hydrogen-bond donors (Lipinski definition) is 2. The smallest absolute Gasteiger partial charge is 0.191 e. The average molecular weight is 504 g/mol. The monoisotopic (exact) mass is 504 g/mol. The van der Waals surface area contributed by atoms with Crippen molar-refractivity contribution in [3.8, 4) is 5.75 Å². The van der Waals surface area contributed by atoms with E-state index in [4.69, 9.17) is 9.47 Å². The summed E-state index contributed by atoms with van der Waals surface area (Å²) in [5.41, 5.74) is 1.23. The van der Waals surface area contributed by atoms with Crippen LogP contribution in [0.25, 0.3) is 0 Å². The summed E-state index contributed by atoms with van der Waals surface area (Å²) >= 11 is 0. The SMILES string of the molecule is CCCCOc1cccc(CNC(=NC)NCC(C)(C)N2CCOCC2)c1.I. The number of ether oxygens (including phenoxy) is 2. The maximum atomic E-state index is 5.79. The molecule has 0 saturated carbocycles. The van der Waals surface area contributed by atoms with E-state index in [2.05, 4.69) is 53.4 Å². The number of rotatable bonds is 9. The van der Waals surface area contributed by atoms with Gasteiger partial charge in [-0.2, -0.15) is 0 Å². The first kappa shape index (κ1) is 25.0. The highest BCUT2D eigenvalue weighted by atomic mass is 127. The number of morpholine rings is 1. The van der Waals surface area contributed by atoms with Gasteiger partial charge in [0.25, 0.3) is 0 Å². The summed E-state index contributed by atoms with van der Waals surface area (Å²) in [5.74, 6) is 1.74. The molecule has 1 fully saturated rings. The Labute approximate surface area is 187 Å². The van der Waals surface area contributed by atoms with E-state index in [-0.39, 0.29) is 29.5 Å². The zero-order valence-corrected chi connectivity index (χ0v) is 20.1. The second kappa shape index (κ2) is 13.2. The van der Waals surface area contributed by atoms with Crippen molar-refractivity contribution in [2.75, 3.05) is 46.5 Å². The Kier molecular flexibility index (Phi) is 11.8. The van der Waals surface area contributed by atoms with Gasteiger partial charge < -0.3 is 20.1 Å². The summed E-state index contributed by atoms with van der Waals surface area (Å²) in [6.45, 7) is 12.6. The van der Waals surface area contributed by atoms with Crippen molar-refractivity contribution in [2.45, 2.75) is 45.7 Å². The molecule has 28 heavy (non-hydrogen) atoms. The van der Waals surface area contributed by atoms with Gasteiger partial charge in [0.15, 0.2) is 5.96 Å². The molecule has 160 valence electrons. The first-order valence-corrected chi connectivity index (χ1v) is 10.0. The standard InChI is InChI=1S/C21H36N4O2.HI/c1-5-6-12-27-19-9-7-8-18(15-19)16-23-20(22-4)24-17-21(2,3)25-10-13-26-14-11-25;/h7-9,15H,5-6,10-14,16-17H2,1-4H3,(H2,22,23,24);1H. The molecule has 0 amide bonds. The summed E-state index contributed by atoms with van der Waals surface area (Å²) < 4.78 is 11.3. The molecular formula is C21H37IN4O2. The van der Waals surface area contributed by atoms with E-state index in [9.17, 15) is 0 Å². The Morgan fingerprint density at radius 1 is 1.25 bits per heavy atom. The Hall–Kier alpha value is -1.06. The molecule has 1 aromatic rings. The van der Waals surface area contributed by atoms with Crippen molar-refractivity contribution in [1.29, 1.82) is 0 Å². The molecular weight excluding hydrogens is 467 g/mol. The van der Waals surface area contributed by atoms with E-state index in [0.717, 1.165) is 64.0 Å². The molecule has 0 spiro atoms. The lowest BCUT2D eigenvalue weighted by atomic mass is 10.0. The Bertz CT molecular complexity index is 590. The molecule has 2 rings (SSSR count). The molecule has 2 N–H and O–H groups in total. The zero-order valence-electron chi connectivity index (χ0n) is 17.8. The van der Waals surface area contributed by atoms with Gasteiger partial charge >= 0.3 is 0 Å². The van der Waals surface area contributed by atoms with Gasteiger partial charge in [0.2, 0.25) is 0 Å². The van der Waals surface area contributed by atoms with E-state index in [1.54, 1.807) is 7.05 Å². The van der Waals surface area contributed by atoms with Gasteiger partial charge in [-0.3, -0.25) is 9.89 Å². The van der Waals surface area contributed by atoms with Crippen LogP contribution in [-0.4, -0.2) is 62.9 Å². The number of guanidine groups is 1. The van der Waals surface area contributed by atoms with E-state index in [1.807, 2.05) is 12.1 Å². The van der Waals surface area contributed by atoms with Crippen LogP contribution in [0.4, 0.5) is 0 Å². The molecule has 7 heteroatoms. The number of aliphatic imine (C=N–C) groups is 1. The van der Waals surface area contributed by atoms with Crippen LogP contribution in [-0.2, 0) is 11.3 Å². The molecule has 6 nitrogen and oxygen atoms in total. The predicted molar refractivity (Wildman–Crippen MR) is 127 cm³/mol. The van der Waals surface area contributed by atoms with Crippen molar-refractivity contribution in [3.63, 3.8) is 0 Å². The van der Waals surface area contributed by atoms with Crippen molar-refractivity contribution < 1.29 is 9.47 Å². The Morgan fingerprint density at radius 2 is 2.00 bits per heavy atom. The van der Waals surface area contributed by atoms with E-state index in [0.29, 0.717) is 6.54 Å². The highest BCUT2D eigenvalue weighted by Crippen LogP contribution is 2.15. The summed E-state index contributed by atoms with van der Waals surface area (Å²) in [5, 5.41) is 6.85. The number of unbranched alkanes of at least 4 members (excludes halogenated alkanes) is 1. The van der Waals surface area contributed by atoms with Gasteiger partial charge in [0.05, 0.1) is 19.8 Å². The zero-order chi connectivity index (χ0) is 19.5. The number of hydrogen-bond acceptors (Lipinski definition) is 4. The maximum Gasteiger partial charge on any atom is 0.191 e. The van der Waals surface area contributed by atoms with Gasteiger partial charge in [-0.15, -0.1) is 24.0 Å². The van der Waals surface area contributed by atoms with Crippen molar-refractivity contribution in [3.05, 3.63) is 29.8 Å². The molecule has 0 atom stereocenters. The Morgan fingerprint density at radius 3 is 2.68 bits per heavy atom. The van der Waals surface area contributed by atoms with Crippen molar-refractivity contribution >= 4 is 29.9 Å². The summed E-state index contributed by atoms with van der Waals surface area (Å²) in [6.07, 6.45) is 2.22. The minimum absolute atomic E-state index is 0. The summed E-state index contributed by atoms with van der Waals surface area (Å²) in [6, 6.07) is 8.24. The molecule has 1 aliphatic heterocycles. The van der Waals surface area contributed by atoms with Crippen LogP contribution in [0, 0.1) is 0 Å². The van der Waals surface area contributed by atoms with Crippen LogP contribution in [0.15, 0.2) is 29.3 Å². The van der Waals surface area contributed by atoms with Crippen LogP contribution in [0.1, 0.15) is 39.2 Å². The lowest BCUT2D eigenvalue weighted by Crippen LogP contribution is -2.56. The molecule has 0 aliphatic carbocycles. The summed E-state index contributed by atoms with van der Waals surface area (Å²) in [7, 11) is 1.81. The van der Waals surface area contributed by atoms with Crippen LogP contribution in [0.2, 0.25) is 0 Å². The van der Waals surface area contributed by atoms with Gasteiger partial charge in [-0.1, -0.05) is 25.5 Å². The number of nitrogens with one attached hydrogen (secondary N) is 2. The number of benzene rings is 1. The third-order valence-electron chi connectivity index (χ3n) is 4.90. The Balaban J connectivity index is 0.00000392. The van der Waals surface area contributed by atoms with E-state index >= 15 is 0 Å². The molecule has 0 unspecified atom stereocenters. The van der Waals surface area contributed by atoms with E-state index < -0.39 is 0 Å². The lowest BCUT2D eigenvalue weighted by Gasteiger charge is -2.41. The number of halogens is 1. The highest BCUT2D eigenvalue weighted by Gasteiger charge is 2.28. The van der Waals surface area contributed by atoms with Crippen LogP contribution in [0.5, 0.6) is 5.75 Å². The first-order valence-electron chi connectivity index (χ1n) is 10.0. The topological polar surface area (TPSA) is 58.1 Å². The minimum Gasteiger partial charge on any atom is -0.494 e. The third-order valence-corrected chi connectivity index (χ3v) is 4.90. The van der Waals surface area contributed by atoms with E-state index in [1.165, 1.54) is 5.56 Å². The minimum atomic E-state index is 0. The molecule has 0 radical (unpaired) electrons. The predicted octanol–water partition coefficient (Wildman–Crippen LogP) is 3.26. The van der Waals surface area contributed by atoms with Gasteiger partial charge in [-0.05, 0) is 38.0 Å². The van der Waals surface area contributed by atoms with Gasteiger partial charge in [-0.25, -0.2) is 0 Å². The average Bonchev–Trinajstić information content (AvgIpc) is 2.69. The van der Waals surface area contributed by atoms with Crippen LogP contribution >= 0.6 is 24.0 Å². The van der Waals surface area contributed by atoms with Crippen molar-refractivity contribution in [1.82, 2.24) is 15.5 Å². The van der Waals surface area contributed by atoms with Gasteiger partial charge in [0.1, 0.15) is 5.75 Å². The lowest BCUT2D eigenvalue weighted by molar-refractivity contribution is -0.00834.